The van der Waals surface area contributed by atoms with Crippen LogP contribution in [0.1, 0.15) is 31.1 Å². The molecule has 0 aliphatic carbocycles. The van der Waals surface area contributed by atoms with Gasteiger partial charge in [0.15, 0.2) is 0 Å². The largest absolute Gasteiger partial charge is 0.462 e. The number of sulfonamides is 1. The van der Waals surface area contributed by atoms with Crippen LogP contribution in [0.15, 0.2) is 24.3 Å². The lowest BCUT2D eigenvalue weighted by Gasteiger charge is -2.21. The van der Waals surface area contributed by atoms with Crippen LogP contribution in [0.25, 0.3) is 0 Å². The smallest absolute Gasteiger partial charge is 0.338 e. The monoisotopic (exact) mass is 342 g/mol. The average Bonchev–Trinajstić information content (AvgIpc) is 2.51. The second kappa shape index (κ2) is 8.64. The first-order valence-electron chi connectivity index (χ1n) is 7.33. The van der Waals surface area contributed by atoms with E-state index in [0.717, 1.165) is 0 Å². The molecular formula is C15H22N2O5S. The summed E-state index contributed by atoms with van der Waals surface area (Å²) in [4.78, 5) is 24.8. The fourth-order valence-electron chi connectivity index (χ4n) is 1.88. The van der Waals surface area contributed by atoms with Crippen molar-refractivity contribution >= 4 is 27.6 Å². The minimum Gasteiger partial charge on any atom is -0.462 e. The van der Waals surface area contributed by atoms with Gasteiger partial charge in [-0.05, 0) is 38.1 Å². The summed E-state index contributed by atoms with van der Waals surface area (Å²) in [6, 6.07) is 6.39. The van der Waals surface area contributed by atoms with Crippen LogP contribution < -0.4 is 9.62 Å². The van der Waals surface area contributed by atoms with E-state index >= 15 is 0 Å². The van der Waals surface area contributed by atoms with Gasteiger partial charge in [-0.25, -0.2) is 17.9 Å². The summed E-state index contributed by atoms with van der Waals surface area (Å²) in [5, 5.41) is 0. The minimum atomic E-state index is -3.30. The molecule has 23 heavy (non-hydrogen) atoms. The Morgan fingerprint density at radius 1 is 1.17 bits per heavy atom. The Balaban J connectivity index is 2.78. The van der Waals surface area contributed by atoms with Gasteiger partial charge >= 0.3 is 5.97 Å². The van der Waals surface area contributed by atoms with Crippen molar-refractivity contribution in [2.45, 2.75) is 20.8 Å². The quantitative estimate of drug-likeness (QED) is 0.716. The average molecular weight is 342 g/mol. The van der Waals surface area contributed by atoms with Crippen LogP contribution in [0, 0.1) is 0 Å². The molecule has 1 N–H and O–H groups in total. The molecule has 7 nitrogen and oxygen atoms in total. The zero-order valence-corrected chi connectivity index (χ0v) is 14.4. The van der Waals surface area contributed by atoms with Crippen molar-refractivity contribution in [3.8, 4) is 0 Å². The highest BCUT2D eigenvalue weighted by molar-refractivity contribution is 7.89. The van der Waals surface area contributed by atoms with Gasteiger partial charge in [-0.1, -0.05) is 0 Å². The first-order chi connectivity index (χ1) is 10.8. The topological polar surface area (TPSA) is 92.8 Å². The third-order valence-electron chi connectivity index (χ3n) is 3.11. The van der Waals surface area contributed by atoms with Gasteiger partial charge in [-0.2, -0.15) is 0 Å². The van der Waals surface area contributed by atoms with E-state index in [2.05, 4.69) is 4.72 Å². The number of nitrogens with one attached hydrogen (secondary N) is 1. The highest BCUT2D eigenvalue weighted by Gasteiger charge is 2.14. The number of amides is 1. The second-order valence-corrected chi connectivity index (χ2v) is 6.83. The molecule has 0 spiro atoms. The number of esters is 1. The normalized spacial score (nSPS) is 11.1. The van der Waals surface area contributed by atoms with Crippen LogP contribution in [0.5, 0.6) is 0 Å². The van der Waals surface area contributed by atoms with Gasteiger partial charge in [-0.3, -0.25) is 4.79 Å². The predicted octanol–water partition coefficient (Wildman–Crippen LogP) is 1.16. The fraction of sp³-hybridized carbons (Fsp3) is 0.467. The summed E-state index contributed by atoms with van der Waals surface area (Å²) in [6.07, 6.45) is 0. The van der Waals surface area contributed by atoms with Gasteiger partial charge in [0, 0.05) is 25.7 Å². The van der Waals surface area contributed by atoms with Crippen LogP contribution in [0.2, 0.25) is 0 Å². The van der Waals surface area contributed by atoms with Gasteiger partial charge < -0.3 is 9.64 Å². The van der Waals surface area contributed by atoms with Crippen LogP contribution in [0.3, 0.4) is 0 Å². The molecule has 0 aliphatic heterocycles. The number of nitrogens with zero attached hydrogens (tertiary/aromatic N) is 1. The molecule has 1 rings (SSSR count). The standard InChI is InChI=1S/C15H22N2O5S/c1-4-22-15(19)13-6-8-14(9-7-13)17(12(3)18)11-10-16-23(20,21)5-2/h6-9,16H,4-5,10-11H2,1-3H3. The summed E-state index contributed by atoms with van der Waals surface area (Å²) >= 11 is 0. The number of rotatable bonds is 8. The molecule has 8 heteroatoms. The maximum atomic E-state index is 11.7. The van der Waals surface area contributed by atoms with Gasteiger partial charge in [0.25, 0.3) is 0 Å². The van der Waals surface area contributed by atoms with Crippen molar-refractivity contribution in [3.05, 3.63) is 29.8 Å². The summed E-state index contributed by atoms with van der Waals surface area (Å²) in [5.74, 6) is -0.657. The Bertz CT molecular complexity index is 640. The van der Waals surface area contributed by atoms with E-state index in [4.69, 9.17) is 4.74 Å². The van der Waals surface area contributed by atoms with Crippen molar-refractivity contribution in [1.29, 1.82) is 0 Å². The summed E-state index contributed by atoms with van der Waals surface area (Å²) in [5.41, 5.74) is 0.979. The maximum Gasteiger partial charge on any atom is 0.338 e. The molecule has 0 radical (unpaired) electrons. The summed E-state index contributed by atoms with van der Waals surface area (Å²) in [6.45, 7) is 5.27. The lowest BCUT2D eigenvalue weighted by atomic mass is 10.2. The number of hydrogen-bond acceptors (Lipinski definition) is 5. The zero-order valence-electron chi connectivity index (χ0n) is 13.5. The van der Waals surface area contributed by atoms with Crippen molar-refractivity contribution in [1.82, 2.24) is 4.72 Å². The zero-order chi connectivity index (χ0) is 17.5. The minimum absolute atomic E-state index is 0.0126. The molecule has 0 bridgehead atoms. The third kappa shape index (κ3) is 5.99. The number of benzene rings is 1. The van der Waals surface area contributed by atoms with E-state index in [1.54, 1.807) is 38.1 Å². The maximum absolute atomic E-state index is 11.7. The second-order valence-electron chi connectivity index (χ2n) is 4.74. The molecule has 1 aromatic carbocycles. The van der Waals surface area contributed by atoms with Crippen LogP contribution in [0.4, 0.5) is 5.69 Å². The molecular weight excluding hydrogens is 320 g/mol. The van der Waals surface area contributed by atoms with Crippen LogP contribution in [-0.2, 0) is 19.6 Å². The Kier molecular flexibility index (Phi) is 7.18. The first-order valence-corrected chi connectivity index (χ1v) is 8.98. The number of carbonyl (C=O) groups is 2. The van der Waals surface area contributed by atoms with Gasteiger partial charge in [0.05, 0.1) is 17.9 Å². The Labute approximate surface area is 136 Å². The molecule has 0 fully saturated rings. The van der Waals surface area contributed by atoms with Crippen molar-refractivity contribution < 1.29 is 22.7 Å². The van der Waals surface area contributed by atoms with Crippen molar-refractivity contribution in [3.63, 3.8) is 0 Å². The van der Waals surface area contributed by atoms with E-state index in [1.165, 1.54) is 11.8 Å². The molecule has 1 aromatic rings. The Hall–Kier alpha value is -1.93. The van der Waals surface area contributed by atoms with E-state index in [9.17, 15) is 18.0 Å². The number of hydrogen-bond donors (Lipinski definition) is 1. The molecule has 0 saturated heterocycles. The molecule has 0 aromatic heterocycles. The van der Waals surface area contributed by atoms with E-state index in [0.29, 0.717) is 11.3 Å². The summed E-state index contributed by atoms with van der Waals surface area (Å²) in [7, 11) is -3.30. The highest BCUT2D eigenvalue weighted by Crippen LogP contribution is 2.16. The van der Waals surface area contributed by atoms with Crippen LogP contribution >= 0.6 is 0 Å². The molecule has 1 amide bonds. The lowest BCUT2D eigenvalue weighted by molar-refractivity contribution is -0.116. The van der Waals surface area contributed by atoms with Gasteiger partial charge in [0.1, 0.15) is 0 Å². The molecule has 0 atom stereocenters. The molecule has 0 saturated carbocycles. The predicted molar refractivity (Wildman–Crippen MR) is 87.9 cm³/mol. The van der Waals surface area contributed by atoms with Crippen LogP contribution in [-0.4, -0.2) is 45.7 Å². The van der Waals surface area contributed by atoms with E-state index < -0.39 is 16.0 Å². The third-order valence-corrected chi connectivity index (χ3v) is 4.51. The molecule has 0 aliphatic rings. The number of anilines is 1. The van der Waals surface area contributed by atoms with Gasteiger partial charge in [0.2, 0.25) is 15.9 Å². The van der Waals surface area contributed by atoms with Gasteiger partial charge in [-0.15, -0.1) is 0 Å². The number of carbonyl (C=O) groups excluding carboxylic acids is 2. The molecule has 0 heterocycles. The van der Waals surface area contributed by atoms with Crippen molar-refractivity contribution in [2.24, 2.45) is 0 Å². The lowest BCUT2D eigenvalue weighted by Crippen LogP contribution is -2.38. The SMILES string of the molecule is CCOC(=O)c1ccc(N(CCNS(=O)(=O)CC)C(C)=O)cc1. The van der Waals surface area contributed by atoms with E-state index in [-0.39, 0.29) is 31.4 Å². The Morgan fingerprint density at radius 3 is 2.26 bits per heavy atom. The fourth-order valence-corrected chi connectivity index (χ4v) is 2.48. The summed E-state index contributed by atoms with van der Waals surface area (Å²) < 4.78 is 30.1. The number of ether oxygens (including phenoxy) is 1. The highest BCUT2D eigenvalue weighted by atomic mass is 32.2. The first kappa shape index (κ1) is 19.1. The van der Waals surface area contributed by atoms with Crippen molar-refractivity contribution in [2.75, 3.05) is 30.3 Å². The van der Waals surface area contributed by atoms with E-state index in [1.807, 2.05) is 0 Å². The Morgan fingerprint density at radius 2 is 1.78 bits per heavy atom. The molecule has 128 valence electrons. The molecule has 0 unspecified atom stereocenters.